The van der Waals surface area contributed by atoms with E-state index in [0.29, 0.717) is 0 Å². The molecule has 6 nitrogen and oxygen atoms in total. The fourth-order valence-corrected chi connectivity index (χ4v) is 1.57. The van der Waals surface area contributed by atoms with Crippen molar-refractivity contribution in [3.63, 3.8) is 0 Å². The van der Waals surface area contributed by atoms with Crippen LogP contribution in [0.5, 0.6) is 5.75 Å². The van der Waals surface area contributed by atoms with Crippen molar-refractivity contribution >= 4 is 12.1 Å². The number of aromatic hydroxyl groups is 1. The van der Waals surface area contributed by atoms with Crippen molar-refractivity contribution in [1.29, 1.82) is 0 Å². The van der Waals surface area contributed by atoms with Crippen LogP contribution in [0.3, 0.4) is 0 Å². The second-order valence-corrected chi connectivity index (χ2v) is 5.52. The fraction of sp³-hybridized carbons (Fsp3) is 0.429. The van der Waals surface area contributed by atoms with Gasteiger partial charge in [-0.2, -0.15) is 0 Å². The molecule has 0 bridgehead atoms. The summed E-state index contributed by atoms with van der Waals surface area (Å²) >= 11 is 0. The van der Waals surface area contributed by atoms with Gasteiger partial charge in [0.1, 0.15) is 23.2 Å². The predicted octanol–water partition coefficient (Wildman–Crippen LogP) is 2.05. The van der Waals surface area contributed by atoms with Crippen molar-refractivity contribution in [1.82, 2.24) is 5.32 Å². The maximum atomic E-state index is 13.6. The van der Waals surface area contributed by atoms with Crippen molar-refractivity contribution in [2.45, 2.75) is 38.8 Å². The molecule has 1 atom stereocenters. The molecule has 1 aromatic carbocycles. The van der Waals surface area contributed by atoms with E-state index in [0.717, 1.165) is 6.07 Å². The number of benzene rings is 1. The van der Waals surface area contributed by atoms with Gasteiger partial charge in [0.25, 0.3) is 0 Å². The standard InChI is InChI=1S/C14H18FNO5/c1-14(2,3)21-13(20)16-11(12(18)19)6-8-4-5-9(17)7-10(8)15/h4-5,7,11,17H,6H2,1-3H3,(H,16,20)(H,18,19)/t11-/m0/s1. The number of amides is 1. The van der Waals surface area contributed by atoms with Crippen LogP contribution in [-0.4, -0.2) is 33.9 Å². The number of halogens is 1. The van der Waals surface area contributed by atoms with Crippen LogP contribution in [0.1, 0.15) is 26.3 Å². The maximum Gasteiger partial charge on any atom is 0.408 e. The Kier molecular flexibility index (Phi) is 5.12. The zero-order valence-electron chi connectivity index (χ0n) is 12.0. The third-order valence-corrected chi connectivity index (χ3v) is 2.45. The molecule has 1 rings (SSSR count). The molecular weight excluding hydrogens is 281 g/mol. The van der Waals surface area contributed by atoms with Crippen LogP contribution < -0.4 is 5.32 Å². The lowest BCUT2D eigenvalue weighted by atomic mass is 10.1. The molecule has 7 heteroatoms. The second kappa shape index (κ2) is 6.43. The lowest BCUT2D eigenvalue weighted by Gasteiger charge is -2.22. The van der Waals surface area contributed by atoms with E-state index in [9.17, 15) is 14.0 Å². The van der Waals surface area contributed by atoms with Crippen LogP contribution in [0.15, 0.2) is 18.2 Å². The average molecular weight is 299 g/mol. The molecular formula is C14H18FNO5. The normalized spacial score (nSPS) is 12.6. The molecule has 0 fully saturated rings. The summed E-state index contributed by atoms with van der Waals surface area (Å²) in [4.78, 5) is 22.7. The number of hydrogen-bond acceptors (Lipinski definition) is 4. The predicted molar refractivity (Wildman–Crippen MR) is 72.6 cm³/mol. The Morgan fingerprint density at radius 3 is 2.48 bits per heavy atom. The topological polar surface area (TPSA) is 95.9 Å². The third-order valence-electron chi connectivity index (χ3n) is 2.45. The number of carboxylic acid groups (broad SMARTS) is 1. The molecule has 0 heterocycles. The monoisotopic (exact) mass is 299 g/mol. The summed E-state index contributed by atoms with van der Waals surface area (Å²) in [5, 5.41) is 20.4. The molecule has 3 N–H and O–H groups in total. The molecule has 0 aromatic heterocycles. The molecule has 0 radical (unpaired) electrons. The molecule has 0 saturated heterocycles. The summed E-state index contributed by atoms with van der Waals surface area (Å²) in [6.45, 7) is 4.92. The smallest absolute Gasteiger partial charge is 0.408 e. The number of carboxylic acids is 1. The highest BCUT2D eigenvalue weighted by Crippen LogP contribution is 2.17. The third kappa shape index (κ3) is 5.68. The number of nitrogens with one attached hydrogen (secondary N) is 1. The first-order chi connectivity index (χ1) is 9.58. The quantitative estimate of drug-likeness (QED) is 0.790. The summed E-state index contributed by atoms with van der Waals surface area (Å²) < 4.78 is 18.5. The molecule has 0 saturated carbocycles. The number of phenols is 1. The molecule has 0 aliphatic rings. The first-order valence-electron chi connectivity index (χ1n) is 6.28. The molecule has 0 aliphatic carbocycles. The Morgan fingerprint density at radius 1 is 1.38 bits per heavy atom. The summed E-state index contributed by atoms with van der Waals surface area (Å²) in [5.74, 6) is -2.32. The van der Waals surface area contributed by atoms with E-state index in [1.807, 2.05) is 0 Å². The Bertz CT molecular complexity index is 539. The van der Waals surface area contributed by atoms with E-state index in [4.69, 9.17) is 14.9 Å². The van der Waals surface area contributed by atoms with Gasteiger partial charge in [-0.05, 0) is 32.4 Å². The minimum absolute atomic E-state index is 0.0660. The van der Waals surface area contributed by atoms with Crippen LogP contribution in [0.25, 0.3) is 0 Å². The van der Waals surface area contributed by atoms with E-state index >= 15 is 0 Å². The van der Waals surface area contributed by atoms with E-state index in [1.54, 1.807) is 20.8 Å². The summed E-state index contributed by atoms with van der Waals surface area (Å²) in [6.07, 6.45) is -1.16. The lowest BCUT2D eigenvalue weighted by Crippen LogP contribution is -2.44. The Hall–Kier alpha value is -2.31. The van der Waals surface area contributed by atoms with Gasteiger partial charge in [-0.1, -0.05) is 6.07 Å². The van der Waals surface area contributed by atoms with E-state index in [1.165, 1.54) is 12.1 Å². The van der Waals surface area contributed by atoms with E-state index in [-0.39, 0.29) is 17.7 Å². The molecule has 0 aliphatic heterocycles. The number of phenolic OH excluding ortho intramolecular Hbond substituents is 1. The number of ether oxygens (including phenoxy) is 1. The van der Waals surface area contributed by atoms with Crippen LogP contribution in [0.4, 0.5) is 9.18 Å². The van der Waals surface area contributed by atoms with E-state index < -0.39 is 29.5 Å². The first kappa shape index (κ1) is 16.7. The van der Waals surface area contributed by atoms with Crippen molar-refractivity contribution in [2.24, 2.45) is 0 Å². The Labute approximate surface area is 121 Å². The zero-order chi connectivity index (χ0) is 16.2. The van der Waals surface area contributed by atoms with Gasteiger partial charge >= 0.3 is 12.1 Å². The largest absolute Gasteiger partial charge is 0.508 e. The molecule has 116 valence electrons. The van der Waals surface area contributed by atoms with Crippen molar-refractivity contribution in [3.05, 3.63) is 29.6 Å². The summed E-state index contributed by atoms with van der Waals surface area (Å²) in [6, 6.07) is 2.04. The zero-order valence-corrected chi connectivity index (χ0v) is 12.0. The van der Waals surface area contributed by atoms with Crippen molar-refractivity contribution < 1.29 is 28.9 Å². The number of alkyl carbamates (subject to hydrolysis) is 1. The van der Waals surface area contributed by atoms with Gasteiger partial charge in [0, 0.05) is 12.5 Å². The first-order valence-corrected chi connectivity index (χ1v) is 6.28. The lowest BCUT2D eigenvalue weighted by molar-refractivity contribution is -0.139. The number of carbonyl (C=O) groups excluding carboxylic acids is 1. The molecule has 1 amide bonds. The molecule has 1 aromatic rings. The summed E-state index contributed by atoms with van der Waals surface area (Å²) in [5.41, 5.74) is -0.701. The highest BCUT2D eigenvalue weighted by Gasteiger charge is 2.25. The van der Waals surface area contributed by atoms with Crippen molar-refractivity contribution in [2.75, 3.05) is 0 Å². The van der Waals surface area contributed by atoms with Crippen LogP contribution in [0, 0.1) is 5.82 Å². The van der Waals surface area contributed by atoms with E-state index in [2.05, 4.69) is 5.32 Å². The highest BCUT2D eigenvalue weighted by molar-refractivity contribution is 5.80. The fourth-order valence-electron chi connectivity index (χ4n) is 1.57. The number of hydrogen-bond donors (Lipinski definition) is 3. The number of carbonyl (C=O) groups is 2. The maximum absolute atomic E-state index is 13.6. The summed E-state index contributed by atoms with van der Waals surface area (Å²) in [7, 11) is 0. The van der Waals surface area contributed by atoms with Gasteiger partial charge in [0.15, 0.2) is 0 Å². The van der Waals surface area contributed by atoms with Crippen LogP contribution >= 0.6 is 0 Å². The van der Waals surface area contributed by atoms with Crippen LogP contribution in [-0.2, 0) is 16.0 Å². The average Bonchev–Trinajstić information content (AvgIpc) is 2.28. The van der Waals surface area contributed by atoms with Gasteiger partial charge in [0.05, 0.1) is 0 Å². The minimum Gasteiger partial charge on any atom is -0.508 e. The van der Waals surface area contributed by atoms with Gasteiger partial charge < -0.3 is 20.3 Å². The van der Waals surface area contributed by atoms with Gasteiger partial charge in [-0.3, -0.25) is 0 Å². The molecule has 0 unspecified atom stereocenters. The second-order valence-electron chi connectivity index (χ2n) is 5.52. The van der Waals surface area contributed by atoms with Gasteiger partial charge in [-0.15, -0.1) is 0 Å². The Balaban J connectivity index is 2.79. The molecule has 0 spiro atoms. The van der Waals surface area contributed by atoms with Gasteiger partial charge in [-0.25, -0.2) is 14.0 Å². The van der Waals surface area contributed by atoms with Gasteiger partial charge in [0.2, 0.25) is 0 Å². The van der Waals surface area contributed by atoms with Crippen LogP contribution in [0.2, 0.25) is 0 Å². The highest BCUT2D eigenvalue weighted by atomic mass is 19.1. The number of aliphatic carboxylic acids is 1. The Morgan fingerprint density at radius 2 is 2.00 bits per heavy atom. The minimum atomic E-state index is -1.33. The number of rotatable bonds is 4. The molecule has 21 heavy (non-hydrogen) atoms. The SMILES string of the molecule is CC(C)(C)OC(=O)N[C@@H](Cc1ccc(O)cc1F)C(=O)O. The van der Waals surface area contributed by atoms with Crippen molar-refractivity contribution in [3.8, 4) is 5.75 Å².